The number of aliphatic hydroxyl groups excluding tert-OH is 1. The zero-order valence-corrected chi connectivity index (χ0v) is 24.0. The summed E-state index contributed by atoms with van der Waals surface area (Å²) >= 11 is 7.34. The molecule has 39 heavy (non-hydrogen) atoms. The smallest absolute Gasteiger partial charge is 0.350 e. The van der Waals surface area contributed by atoms with Gasteiger partial charge in [0.15, 0.2) is 5.13 Å². The topological polar surface area (TPSA) is 104 Å². The number of anilines is 4. The summed E-state index contributed by atoms with van der Waals surface area (Å²) in [4.78, 5) is 32.0. The standard InChI is InChI=1S/C28H35ClN6O3S/c1-3-38-26(37)23-18(2)30-28(39-23)33-27-31-24-22(25(32-27)35-16-12-21(36)13-17-35)6-4-5-14-34(24)15-11-19-7-9-20(29)10-8-19/h7-10,21,36H,3-6,11-17H2,1-2H3,(H,30,31,32,33). The van der Waals surface area contributed by atoms with Crippen molar-refractivity contribution >= 4 is 51.6 Å². The van der Waals surface area contributed by atoms with Gasteiger partial charge >= 0.3 is 5.97 Å². The van der Waals surface area contributed by atoms with Crippen molar-refractivity contribution in [2.45, 2.75) is 58.5 Å². The molecule has 11 heteroatoms. The first-order valence-electron chi connectivity index (χ1n) is 13.7. The van der Waals surface area contributed by atoms with Crippen LogP contribution in [-0.4, -0.2) is 64.9 Å². The van der Waals surface area contributed by atoms with Gasteiger partial charge in [-0.25, -0.2) is 9.78 Å². The molecule has 0 saturated carbocycles. The van der Waals surface area contributed by atoms with Crippen LogP contribution in [0.1, 0.15) is 59.1 Å². The molecule has 0 bridgehead atoms. The number of esters is 1. The first-order chi connectivity index (χ1) is 18.9. The number of hydrogen-bond donors (Lipinski definition) is 2. The van der Waals surface area contributed by atoms with Gasteiger partial charge < -0.3 is 19.6 Å². The third kappa shape index (κ3) is 6.62. The molecular weight excluding hydrogens is 536 g/mol. The molecule has 3 aromatic rings. The normalized spacial score (nSPS) is 16.1. The minimum atomic E-state index is -0.371. The van der Waals surface area contributed by atoms with E-state index < -0.39 is 0 Å². The fraction of sp³-hybridized carbons (Fsp3) is 0.500. The van der Waals surface area contributed by atoms with Crippen molar-refractivity contribution in [3.05, 3.63) is 51.0 Å². The molecule has 0 radical (unpaired) electrons. The minimum absolute atomic E-state index is 0.269. The predicted molar refractivity (Wildman–Crippen MR) is 156 cm³/mol. The zero-order valence-electron chi connectivity index (χ0n) is 22.5. The quantitative estimate of drug-likeness (QED) is 0.355. The number of halogens is 1. The number of thiazole rings is 1. The summed E-state index contributed by atoms with van der Waals surface area (Å²) in [5, 5.41) is 14.7. The molecule has 2 aliphatic heterocycles. The number of piperidine rings is 1. The molecule has 0 atom stereocenters. The molecule has 2 aliphatic rings. The SMILES string of the molecule is CCOC(=O)c1sc(Nc2nc3c(c(N4CCC(O)CC4)n2)CCCCN3CCc2ccc(Cl)cc2)nc1C. The minimum Gasteiger partial charge on any atom is -0.462 e. The van der Waals surface area contributed by atoms with E-state index in [0.717, 1.165) is 86.9 Å². The number of rotatable bonds is 8. The number of nitrogens with zero attached hydrogens (tertiary/aromatic N) is 5. The largest absolute Gasteiger partial charge is 0.462 e. The van der Waals surface area contributed by atoms with E-state index in [1.807, 2.05) is 12.1 Å². The van der Waals surface area contributed by atoms with Crippen LogP contribution >= 0.6 is 22.9 Å². The van der Waals surface area contributed by atoms with Crippen molar-refractivity contribution in [2.24, 2.45) is 0 Å². The summed E-state index contributed by atoms with van der Waals surface area (Å²) < 4.78 is 5.18. The molecule has 1 saturated heterocycles. The van der Waals surface area contributed by atoms with E-state index in [2.05, 4.69) is 32.2 Å². The van der Waals surface area contributed by atoms with Gasteiger partial charge in [0.25, 0.3) is 0 Å². The average Bonchev–Trinajstić information content (AvgIpc) is 3.16. The molecular formula is C28H35ClN6O3S. The van der Waals surface area contributed by atoms with Crippen LogP contribution < -0.4 is 15.1 Å². The average molecular weight is 571 g/mol. The van der Waals surface area contributed by atoms with E-state index in [9.17, 15) is 9.90 Å². The number of fused-ring (bicyclic) bond motifs is 1. The second kappa shape index (κ2) is 12.5. The number of hydrogen-bond acceptors (Lipinski definition) is 10. The lowest BCUT2D eigenvalue weighted by atomic mass is 10.1. The van der Waals surface area contributed by atoms with Crippen LogP contribution in [0.4, 0.5) is 22.7 Å². The fourth-order valence-electron chi connectivity index (χ4n) is 5.12. The van der Waals surface area contributed by atoms with Crippen LogP contribution in [0, 0.1) is 6.92 Å². The summed E-state index contributed by atoms with van der Waals surface area (Å²) in [6.45, 7) is 7.14. The Labute approximate surface area is 238 Å². The summed E-state index contributed by atoms with van der Waals surface area (Å²) in [5.41, 5.74) is 3.01. The van der Waals surface area contributed by atoms with Gasteiger partial charge in [0, 0.05) is 36.8 Å². The molecule has 2 N–H and O–H groups in total. The monoisotopic (exact) mass is 570 g/mol. The van der Waals surface area contributed by atoms with Crippen LogP contribution in [0.15, 0.2) is 24.3 Å². The maximum Gasteiger partial charge on any atom is 0.350 e. The van der Waals surface area contributed by atoms with Crippen LogP contribution in [0.5, 0.6) is 0 Å². The molecule has 9 nitrogen and oxygen atoms in total. The highest BCUT2D eigenvalue weighted by atomic mass is 35.5. The van der Waals surface area contributed by atoms with Crippen LogP contribution in [0.25, 0.3) is 0 Å². The van der Waals surface area contributed by atoms with Crippen molar-refractivity contribution in [1.29, 1.82) is 0 Å². The Morgan fingerprint density at radius 2 is 1.87 bits per heavy atom. The van der Waals surface area contributed by atoms with Crippen molar-refractivity contribution in [1.82, 2.24) is 15.0 Å². The summed E-state index contributed by atoms with van der Waals surface area (Å²) in [7, 11) is 0. The molecule has 208 valence electrons. The Bertz CT molecular complexity index is 1290. The molecule has 5 rings (SSSR count). The second-order valence-electron chi connectivity index (χ2n) is 9.99. The number of nitrogens with one attached hydrogen (secondary N) is 1. The molecule has 4 heterocycles. The van der Waals surface area contributed by atoms with E-state index in [0.29, 0.717) is 28.3 Å². The summed E-state index contributed by atoms with van der Waals surface area (Å²) in [6, 6.07) is 8.01. The molecule has 0 spiro atoms. The number of carbonyl (C=O) groups excluding carboxylic acids is 1. The molecule has 2 aromatic heterocycles. The Kier molecular flexibility index (Phi) is 8.84. The number of aryl methyl sites for hydroxylation is 1. The fourth-order valence-corrected chi connectivity index (χ4v) is 6.10. The van der Waals surface area contributed by atoms with Gasteiger partial charge in [0.05, 0.1) is 18.4 Å². The Morgan fingerprint density at radius 3 is 2.62 bits per heavy atom. The third-order valence-corrected chi connectivity index (χ3v) is 8.50. The molecule has 1 fully saturated rings. The van der Waals surface area contributed by atoms with E-state index in [4.69, 9.17) is 26.3 Å². The Balaban J connectivity index is 1.48. The van der Waals surface area contributed by atoms with E-state index >= 15 is 0 Å². The Morgan fingerprint density at radius 1 is 1.13 bits per heavy atom. The van der Waals surface area contributed by atoms with Gasteiger partial charge in [-0.2, -0.15) is 9.97 Å². The van der Waals surface area contributed by atoms with Crippen molar-refractivity contribution < 1.29 is 14.6 Å². The van der Waals surface area contributed by atoms with Crippen LogP contribution in [-0.2, 0) is 17.6 Å². The summed E-state index contributed by atoms with van der Waals surface area (Å²) in [6.07, 6.45) is 5.10. The molecule has 1 aromatic carbocycles. The number of aromatic nitrogens is 3. The zero-order chi connectivity index (χ0) is 27.4. The molecule has 0 amide bonds. The number of aliphatic hydroxyl groups is 1. The van der Waals surface area contributed by atoms with Gasteiger partial charge in [-0.15, -0.1) is 0 Å². The third-order valence-electron chi connectivity index (χ3n) is 7.19. The lowest BCUT2D eigenvalue weighted by Gasteiger charge is -2.33. The van der Waals surface area contributed by atoms with Gasteiger partial charge in [0.2, 0.25) is 5.95 Å². The maximum absolute atomic E-state index is 12.3. The predicted octanol–water partition coefficient (Wildman–Crippen LogP) is 5.16. The van der Waals surface area contributed by atoms with Crippen LogP contribution in [0.2, 0.25) is 5.02 Å². The lowest BCUT2D eigenvalue weighted by Crippen LogP contribution is -2.37. The van der Waals surface area contributed by atoms with E-state index in [-0.39, 0.29) is 12.1 Å². The highest BCUT2D eigenvalue weighted by Gasteiger charge is 2.28. The highest BCUT2D eigenvalue weighted by Crippen LogP contribution is 2.35. The van der Waals surface area contributed by atoms with Crippen molar-refractivity contribution in [2.75, 3.05) is 47.9 Å². The first-order valence-corrected chi connectivity index (χ1v) is 14.9. The second-order valence-corrected chi connectivity index (χ2v) is 11.4. The van der Waals surface area contributed by atoms with Crippen molar-refractivity contribution in [3.8, 4) is 0 Å². The van der Waals surface area contributed by atoms with E-state index in [1.54, 1.807) is 13.8 Å². The van der Waals surface area contributed by atoms with Crippen LogP contribution in [0.3, 0.4) is 0 Å². The van der Waals surface area contributed by atoms with Gasteiger partial charge in [-0.1, -0.05) is 35.1 Å². The number of ether oxygens (including phenoxy) is 1. The van der Waals surface area contributed by atoms with Gasteiger partial charge in [-0.05, 0) is 70.1 Å². The molecule has 0 aliphatic carbocycles. The number of carbonyl (C=O) groups is 1. The molecule has 0 unspecified atom stereocenters. The first kappa shape index (κ1) is 27.6. The van der Waals surface area contributed by atoms with Crippen molar-refractivity contribution in [3.63, 3.8) is 0 Å². The van der Waals surface area contributed by atoms with E-state index in [1.165, 1.54) is 16.9 Å². The highest BCUT2D eigenvalue weighted by molar-refractivity contribution is 7.17. The maximum atomic E-state index is 12.3. The van der Waals surface area contributed by atoms with Gasteiger partial charge in [-0.3, -0.25) is 5.32 Å². The van der Waals surface area contributed by atoms with Gasteiger partial charge in [0.1, 0.15) is 16.5 Å². The number of benzene rings is 1. The summed E-state index contributed by atoms with van der Waals surface area (Å²) in [5.74, 6) is 1.95. The Hall–Kier alpha value is -2.95. The lowest BCUT2D eigenvalue weighted by molar-refractivity contribution is 0.0531.